The molecule has 6 heterocycles. The summed E-state index contributed by atoms with van der Waals surface area (Å²) >= 11 is 0. The minimum atomic E-state index is 0.144. The molecule has 9 nitrogen and oxygen atoms in total. The van der Waals surface area contributed by atoms with E-state index >= 15 is 0 Å². The zero-order chi connectivity index (χ0) is 35.5. The van der Waals surface area contributed by atoms with Gasteiger partial charge in [0.2, 0.25) is 17.6 Å². The fourth-order valence-corrected chi connectivity index (χ4v) is 6.11. The topological polar surface area (TPSA) is 114 Å². The molecular formula is C42H42N6O3. The lowest BCUT2D eigenvalue weighted by atomic mass is 10.2. The Kier molecular flexibility index (Phi) is 9.44. The van der Waals surface area contributed by atoms with Crippen molar-refractivity contribution in [3.63, 3.8) is 0 Å². The first-order chi connectivity index (χ1) is 24.7. The van der Waals surface area contributed by atoms with Crippen molar-refractivity contribution in [2.75, 3.05) is 0 Å². The second kappa shape index (κ2) is 14.4. The van der Waals surface area contributed by atoms with Crippen LogP contribution in [0.25, 0.3) is 65.4 Å². The molecule has 0 bridgehead atoms. The largest absolute Gasteiger partial charge is 0.475 e. The van der Waals surface area contributed by atoms with Crippen LogP contribution in [0.15, 0.2) is 110 Å². The number of aromatic amines is 3. The van der Waals surface area contributed by atoms with E-state index in [0.717, 1.165) is 49.3 Å². The van der Waals surface area contributed by atoms with Crippen molar-refractivity contribution in [1.29, 1.82) is 0 Å². The highest BCUT2D eigenvalue weighted by Gasteiger charge is 2.09. The van der Waals surface area contributed by atoms with Crippen LogP contribution in [0.4, 0.5) is 0 Å². The molecule has 9 rings (SSSR count). The van der Waals surface area contributed by atoms with Gasteiger partial charge in [0, 0.05) is 67.1 Å². The molecule has 0 aliphatic heterocycles. The highest BCUT2D eigenvalue weighted by molar-refractivity contribution is 6.08. The molecule has 0 saturated carbocycles. The molecule has 9 aromatic rings. The molecule has 0 unspecified atom stereocenters. The molecule has 0 fully saturated rings. The van der Waals surface area contributed by atoms with Crippen molar-refractivity contribution < 1.29 is 14.2 Å². The van der Waals surface area contributed by atoms with Gasteiger partial charge >= 0.3 is 0 Å². The van der Waals surface area contributed by atoms with Crippen LogP contribution in [0.2, 0.25) is 0 Å². The maximum absolute atomic E-state index is 5.62. The lowest BCUT2D eigenvalue weighted by Gasteiger charge is -2.07. The lowest BCUT2D eigenvalue weighted by Crippen LogP contribution is -2.06. The van der Waals surface area contributed by atoms with Gasteiger partial charge in [0.05, 0.1) is 53.5 Å². The quantitative estimate of drug-likeness (QED) is 0.161. The third-order valence-electron chi connectivity index (χ3n) is 8.17. The number of benzene rings is 3. The molecule has 3 aromatic carbocycles. The molecule has 3 N–H and O–H groups in total. The fourth-order valence-electron chi connectivity index (χ4n) is 6.11. The number of rotatable bonds is 6. The number of nitrogens with one attached hydrogen (secondary N) is 3. The Morgan fingerprint density at radius 3 is 0.922 bits per heavy atom. The van der Waals surface area contributed by atoms with Crippen LogP contribution < -0.4 is 14.2 Å². The van der Waals surface area contributed by atoms with E-state index in [4.69, 9.17) is 14.2 Å². The average molecular weight is 679 g/mol. The summed E-state index contributed by atoms with van der Waals surface area (Å²) in [6, 6.07) is 30.7. The third kappa shape index (κ3) is 7.43. The molecule has 0 spiro atoms. The Bertz CT molecular complexity index is 2290. The SMILES string of the molecule is CC(C)Oc1cc2c(cn1)[nH]c1ccccc12.CC(C)Oc1cc2c(cn1)[nH]c1ccccc12.CC(C)Oc1cc2c(cn1)[nH]c1ccccc12. The van der Waals surface area contributed by atoms with Crippen LogP contribution in [0.5, 0.6) is 17.6 Å². The van der Waals surface area contributed by atoms with Gasteiger partial charge < -0.3 is 29.2 Å². The summed E-state index contributed by atoms with van der Waals surface area (Å²) in [6.45, 7) is 12.0. The smallest absolute Gasteiger partial charge is 0.214 e. The fraction of sp³-hybridized carbons (Fsp3) is 0.214. The molecule has 0 atom stereocenters. The van der Waals surface area contributed by atoms with Crippen LogP contribution >= 0.6 is 0 Å². The van der Waals surface area contributed by atoms with Crippen molar-refractivity contribution in [2.24, 2.45) is 0 Å². The molecule has 0 amide bonds. The number of fused-ring (bicyclic) bond motifs is 9. The summed E-state index contributed by atoms with van der Waals surface area (Å²) in [7, 11) is 0. The van der Waals surface area contributed by atoms with Gasteiger partial charge in [-0.05, 0) is 59.7 Å². The van der Waals surface area contributed by atoms with E-state index in [1.807, 2.05) is 115 Å². The predicted molar refractivity (Wildman–Crippen MR) is 208 cm³/mol. The van der Waals surface area contributed by atoms with E-state index in [1.54, 1.807) is 0 Å². The van der Waals surface area contributed by atoms with Crippen molar-refractivity contribution in [3.8, 4) is 17.6 Å². The van der Waals surface area contributed by atoms with Gasteiger partial charge in [-0.2, -0.15) is 0 Å². The summed E-state index contributed by atoms with van der Waals surface area (Å²) in [4.78, 5) is 22.9. The Balaban J connectivity index is 0.000000119. The molecule has 258 valence electrons. The third-order valence-corrected chi connectivity index (χ3v) is 8.17. The van der Waals surface area contributed by atoms with E-state index in [9.17, 15) is 0 Å². The highest BCUT2D eigenvalue weighted by atomic mass is 16.5. The molecule has 0 aliphatic rings. The van der Waals surface area contributed by atoms with Crippen LogP contribution in [0, 0.1) is 0 Å². The number of para-hydroxylation sites is 3. The van der Waals surface area contributed by atoms with Crippen molar-refractivity contribution in [3.05, 3.63) is 110 Å². The van der Waals surface area contributed by atoms with Crippen molar-refractivity contribution in [1.82, 2.24) is 29.9 Å². The van der Waals surface area contributed by atoms with Gasteiger partial charge in [0.1, 0.15) is 0 Å². The average Bonchev–Trinajstić information content (AvgIpc) is 3.79. The number of pyridine rings is 3. The zero-order valence-corrected chi connectivity index (χ0v) is 29.7. The molecular weight excluding hydrogens is 637 g/mol. The Morgan fingerprint density at radius 1 is 0.373 bits per heavy atom. The number of aromatic nitrogens is 6. The minimum absolute atomic E-state index is 0.144. The normalized spacial score (nSPS) is 11.5. The van der Waals surface area contributed by atoms with Crippen molar-refractivity contribution >= 4 is 65.4 Å². The molecule has 0 saturated heterocycles. The molecule has 51 heavy (non-hydrogen) atoms. The molecule has 0 aliphatic carbocycles. The summed E-state index contributed by atoms with van der Waals surface area (Å²) < 4.78 is 16.8. The van der Waals surface area contributed by atoms with E-state index in [-0.39, 0.29) is 18.3 Å². The standard InChI is InChI=1S/3C14H14N2O/c3*1-9(2)17-14-7-11-10-5-3-4-6-12(10)16-13(11)8-15-14/h3*3-9,16H,1-2H3. The van der Waals surface area contributed by atoms with Gasteiger partial charge in [0.25, 0.3) is 0 Å². The molecule has 6 aromatic heterocycles. The van der Waals surface area contributed by atoms with Crippen molar-refractivity contribution in [2.45, 2.75) is 59.9 Å². The second-order valence-electron chi connectivity index (χ2n) is 13.2. The number of hydrogen-bond acceptors (Lipinski definition) is 6. The maximum Gasteiger partial charge on any atom is 0.214 e. The second-order valence-corrected chi connectivity index (χ2v) is 13.2. The van der Waals surface area contributed by atoms with Crippen LogP contribution in [0.3, 0.4) is 0 Å². The summed E-state index contributed by atoms with van der Waals surface area (Å²) in [5.41, 5.74) is 6.52. The maximum atomic E-state index is 5.62. The molecule has 9 heteroatoms. The van der Waals surface area contributed by atoms with E-state index in [0.29, 0.717) is 17.6 Å². The number of ether oxygens (including phenoxy) is 3. The monoisotopic (exact) mass is 678 g/mol. The predicted octanol–water partition coefficient (Wildman–Crippen LogP) is 10.5. The first-order valence-corrected chi connectivity index (χ1v) is 17.3. The van der Waals surface area contributed by atoms with Gasteiger partial charge in [-0.25, -0.2) is 15.0 Å². The lowest BCUT2D eigenvalue weighted by molar-refractivity contribution is 0.232. The van der Waals surface area contributed by atoms with Gasteiger partial charge in [-0.1, -0.05) is 54.6 Å². The zero-order valence-electron chi connectivity index (χ0n) is 29.7. The van der Waals surface area contributed by atoms with Gasteiger partial charge in [-0.3, -0.25) is 0 Å². The number of hydrogen-bond donors (Lipinski definition) is 3. The van der Waals surface area contributed by atoms with Gasteiger partial charge in [-0.15, -0.1) is 0 Å². The van der Waals surface area contributed by atoms with E-state index in [2.05, 4.69) is 66.3 Å². The van der Waals surface area contributed by atoms with Gasteiger partial charge in [0.15, 0.2) is 0 Å². The Morgan fingerprint density at radius 2 is 0.647 bits per heavy atom. The summed E-state index contributed by atoms with van der Waals surface area (Å²) in [6.07, 6.45) is 5.91. The number of nitrogens with zero attached hydrogens (tertiary/aromatic N) is 3. The van der Waals surface area contributed by atoms with Crippen LogP contribution in [-0.2, 0) is 0 Å². The van der Waals surface area contributed by atoms with E-state index < -0.39 is 0 Å². The van der Waals surface area contributed by atoms with E-state index in [1.165, 1.54) is 16.2 Å². The first kappa shape index (κ1) is 33.4. The summed E-state index contributed by atoms with van der Waals surface area (Å²) in [5.74, 6) is 2.03. The number of H-pyrrole nitrogens is 3. The molecule has 0 radical (unpaired) electrons. The minimum Gasteiger partial charge on any atom is -0.475 e. The summed E-state index contributed by atoms with van der Waals surface area (Å²) in [5, 5.41) is 7.10. The van der Waals surface area contributed by atoms with Crippen LogP contribution in [0.1, 0.15) is 41.5 Å². The first-order valence-electron chi connectivity index (χ1n) is 17.3. The highest BCUT2D eigenvalue weighted by Crippen LogP contribution is 2.29. The van der Waals surface area contributed by atoms with Crippen LogP contribution in [-0.4, -0.2) is 48.2 Å². The Hall–Kier alpha value is -6.09. The Labute approximate surface area is 296 Å².